The summed E-state index contributed by atoms with van der Waals surface area (Å²) < 4.78 is 11.2. The van der Waals surface area contributed by atoms with Crippen molar-refractivity contribution in [2.24, 2.45) is 0 Å². The molecule has 0 fully saturated rings. The van der Waals surface area contributed by atoms with Crippen LogP contribution in [-0.4, -0.2) is 12.9 Å². The van der Waals surface area contributed by atoms with Crippen LogP contribution in [0.25, 0.3) is 6.08 Å². The maximum Gasteiger partial charge on any atom is 0.185 e. The predicted octanol–water partition coefficient (Wildman–Crippen LogP) is 7.44. The second-order valence-electron chi connectivity index (χ2n) is 6.63. The first-order valence-corrected chi connectivity index (χ1v) is 10.2. The third kappa shape index (κ3) is 5.57. The van der Waals surface area contributed by atoms with Gasteiger partial charge < -0.3 is 9.47 Å². The van der Waals surface area contributed by atoms with Gasteiger partial charge in [0.2, 0.25) is 0 Å². The van der Waals surface area contributed by atoms with Crippen molar-refractivity contribution in [1.82, 2.24) is 0 Å². The van der Waals surface area contributed by atoms with Crippen molar-refractivity contribution in [3.8, 4) is 11.5 Å². The van der Waals surface area contributed by atoms with Gasteiger partial charge in [-0.2, -0.15) is 0 Å². The van der Waals surface area contributed by atoms with E-state index in [0.717, 1.165) is 16.7 Å². The molecule has 6 heteroatoms. The molecular formula is C24H19Cl3O3. The number of rotatable bonds is 7. The highest BCUT2D eigenvalue weighted by atomic mass is 35.5. The molecule has 3 aromatic rings. The number of halogens is 3. The van der Waals surface area contributed by atoms with Gasteiger partial charge >= 0.3 is 0 Å². The maximum absolute atomic E-state index is 12.4. The zero-order chi connectivity index (χ0) is 21.7. The summed E-state index contributed by atoms with van der Waals surface area (Å²) in [6.07, 6.45) is 3.31. The van der Waals surface area contributed by atoms with Gasteiger partial charge in [-0.25, -0.2) is 0 Å². The van der Waals surface area contributed by atoms with Crippen LogP contribution in [0, 0.1) is 6.92 Å². The third-order valence-electron chi connectivity index (χ3n) is 4.37. The Kier molecular flexibility index (Phi) is 7.43. The standard InChI is InChI=1S/C24H19Cl3O3/c1-15-4-3-5-17(10-15)22(28)8-6-16-7-9-23(29-2)18(11-16)14-30-24-20(26)12-19(25)13-21(24)27/h3-13H,14H2,1-2H3/b8-6+. The summed E-state index contributed by atoms with van der Waals surface area (Å²) in [7, 11) is 1.58. The average Bonchev–Trinajstić information content (AvgIpc) is 2.71. The van der Waals surface area contributed by atoms with Crippen LogP contribution in [0.5, 0.6) is 11.5 Å². The normalized spacial score (nSPS) is 11.0. The van der Waals surface area contributed by atoms with Crippen LogP contribution in [0.15, 0.2) is 60.7 Å². The summed E-state index contributed by atoms with van der Waals surface area (Å²) >= 11 is 18.3. The molecule has 0 aromatic heterocycles. The lowest BCUT2D eigenvalue weighted by Gasteiger charge is -2.13. The van der Waals surface area contributed by atoms with Gasteiger partial charge in [-0.3, -0.25) is 4.79 Å². The third-order valence-corrected chi connectivity index (χ3v) is 5.15. The molecule has 0 aliphatic carbocycles. The lowest BCUT2D eigenvalue weighted by molar-refractivity contribution is 0.104. The van der Waals surface area contributed by atoms with Crippen molar-refractivity contribution in [1.29, 1.82) is 0 Å². The molecule has 154 valence electrons. The molecule has 0 heterocycles. The molecule has 0 radical (unpaired) electrons. The molecule has 0 aliphatic heterocycles. The molecule has 0 N–H and O–H groups in total. The van der Waals surface area contributed by atoms with Gasteiger partial charge in [0.05, 0.1) is 17.2 Å². The number of hydrogen-bond donors (Lipinski definition) is 0. The fourth-order valence-electron chi connectivity index (χ4n) is 2.90. The monoisotopic (exact) mass is 460 g/mol. The Bertz CT molecular complexity index is 1080. The fraction of sp³-hybridized carbons (Fsp3) is 0.125. The summed E-state index contributed by atoms with van der Waals surface area (Å²) in [4.78, 5) is 12.4. The zero-order valence-electron chi connectivity index (χ0n) is 16.4. The van der Waals surface area contributed by atoms with Gasteiger partial charge in [0.1, 0.15) is 12.4 Å². The van der Waals surface area contributed by atoms with Crippen LogP contribution in [0.1, 0.15) is 27.0 Å². The molecular weight excluding hydrogens is 443 g/mol. The van der Waals surface area contributed by atoms with Crippen LogP contribution < -0.4 is 9.47 Å². The van der Waals surface area contributed by atoms with E-state index >= 15 is 0 Å². The Morgan fingerprint density at radius 1 is 1.00 bits per heavy atom. The highest BCUT2D eigenvalue weighted by molar-refractivity contribution is 6.40. The van der Waals surface area contributed by atoms with E-state index in [-0.39, 0.29) is 12.4 Å². The first-order valence-electron chi connectivity index (χ1n) is 9.10. The average molecular weight is 462 g/mol. The van der Waals surface area contributed by atoms with Crippen molar-refractivity contribution in [2.45, 2.75) is 13.5 Å². The summed E-state index contributed by atoms with van der Waals surface area (Å²) in [5, 5.41) is 1.08. The Morgan fingerprint density at radius 3 is 2.40 bits per heavy atom. The highest BCUT2D eigenvalue weighted by Crippen LogP contribution is 2.36. The first kappa shape index (κ1) is 22.2. The SMILES string of the molecule is COc1ccc(/C=C/C(=O)c2cccc(C)c2)cc1COc1c(Cl)cc(Cl)cc1Cl. The smallest absolute Gasteiger partial charge is 0.185 e. The first-order chi connectivity index (χ1) is 14.4. The second-order valence-corrected chi connectivity index (χ2v) is 7.88. The number of hydrogen-bond acceptors (Lipinski definition) is 3. The molecule has 3 rings (SSSR count). The van der Waals surface area contributed by atoms with E-state index in [0.29, 0.717) is 32.1 Å². The van der Waals surface area contributed by atoms with E-state index in [2.05, 4.69) is 0 Å². The van der Waals surface area contributed by atoms with Crippen LogP contribution in [0.2, 0.25) is 15.1 Å². The fourth-order valence-corrected chi connectivity index (χ4v) is 3.82. The zero-order valence-corrected chi connectivity index (χ0v) is 18.7. The van der Waals surface area contributed by atoms with Gasteiger partial charge in [0.15, 0.2) is 11.5 Å². The van der Waals surface area contributed by atoms with Crippen LogP contribution in [0.3, 0.4) is 0 Å². The van der Waals surface area contributed by atoms with Gasteiger partial charge in [0, 0.05) is 16.1 Å². The van der Waals surface area contributed by atoms with Gasteiger partial charge in [-0.1, -0.05) is 70.7 Å². The number of benzene rings is 3. The second kappa shape index (κ2) is 10.0. The van der Waals surface area contributed by atoms with E-state index in [1.54, 1.807) is 37.5 Å². The molecule has 0 saturated carbocycles. The quantitative estimate of drug-likeness (QED) is 0.271. The molecule has 3 aromatic carbocycles. The number of carbonyl (C=O) groups is 1. The predicted molar refractivity (Wildman–Crippen MR) is 123 cm³/mol. The summed E-state index contributed by atoms with van der Waals surface area (Å²) in [6, 6.07) is 16.2. The van der Waals surface area contributed by atoms with Crippen molar-refractivity contribution in [3.05, 3.63) is 98.0 Å². The maximum atomic E-state index is 12.4. The van der Waals surface area contributed by atoms with Gasteiger partial charge in [-0.05, 0) is 48.9 Å². The lowest BCUT2D eigenvalue weighted by atomic mass is 10.1. The Balaban J connectivity index is 1.79. The molecule has 0 amide bonds. The van der Waals surface area contributed by atoms with Crippen molar-refractivity contribution < 1.29 is 14.3 Å². The summed E-state index contributed by atoms with van der Waals surface area (Å²) in [5.74, 6) is 0.936. The number of carbonyl (C=O) groups excluding carboxylic acids is 1. The van der Waals surface area contributed by atoms with Gasteiger partial charge in [0.25, 0.3) is 0 Å². The van der Waals surface area contributed by atoms with Crippen LogP contribution >= 0.6 is 34.8 Å². The summed E-state index contributed by atoms with van der Waals surface area (Å²) in [6.45, 7) is 2.13. The number of allylic oxidation sites excluding steroid dienone is 1. The van der Waals surface area contributed by atoms with E-state index in [1.165, 1.54) is 0 Å². The number of methoxy groups -OCH3 is 1. The molecule has 30 heavy (non-hydrogen) atoms. The number of ether oxygens (including phenoxy) is 2. The molecule has 0 unspecified atom stereocenters. The Morgan fingerprint density at radius 2 is 1.73 bits per heavy atom. The molecule has 3 nitrogen and oxygen atoms in total. The molecule has 0 saturated heterocycles. The highest BCUT2D eigenvalue weighted by Gasteiger charge is 2.12. The Labute approximate surface area is 190 Å². The van der Waals surface area contributed by atoms with E-state index in [1.807, 2.05) is 43.3 Å². The van der Waals surface area contributed by atoms with Gasteiger partial charge in [-0.15, -0.1) is 0 Å². The molecule has 0 atom stereocenters. The Hall–Kier alpha value is -2.46. The topological polar surface area (TPSA) is 35.5 Å². The van der Waals surface area contributed by atoms with Crippen molar-refractivity contribution in [2.75, 3.05) is 7.11 Å². The lowest BCUT2D eigenvalue weighted by Crippen LogP contribution is -2.00. The number of ketones is 1. The van der Waals surface area contributed by atoms with Crippen molar-refractivity contribution >= 4 is 46.7 Å². The molecule has 0 bridgehead atoms. The minimum Gasteiger partial charge on any atom is -0.496 e. The van der Waals surface area contributed by atoms with E-state index in [9.17, 15) is 4.79 Å². The minimum absolute atomic E-state index is 0.0629. The summed E-state index contributed by atoms with van der Waals surface area (Å²) in [5.41, 5.74) is 3.31. The van der Waals surface area contributed by atoms with E-state index < -0.39 is 0 Å². The minimum atomic E-state index is -0.0629. The molecule has 0 aliphatic rings. The van der Waals surface area contributed by atoms with Crippen molar-refractivity contribution in [3.63, 3.8) is 0 Å². The largest absolute Gasteiger partial charge is 0.496 e. The van der Waals surface area contributed by atoms with Crippen LogP contribution in [0.4, 0.5) is 0 Å². The number of aryl methyl sites for hydroxylation is 1. The van der Waals surface area contributed by atoms with E-state index in [4.69, 9.17) is 44.3 Å². The van der Waals surface area contributed by atoms with Crippen LogP contribution in [-0.2, 0) is 6.61 Å². The molecule has 0 spiro atoms.